The summed E-state index contributed by atoms with van der Waals surface area (Å²) in [4.78, 5) is 10.8. The number of rotatable bonds is 7. The van der Waals surface area contributed by atoms with Gasteiger partial charge >= 0.3 is 0 Å². The Kier molecular flexibility index (Phi) is 5.61. The van der Waals surface area contributed by atoms with Crippen molar-refractivity contribution in [2.45, 2.75) is 78.2 Å². The second kappa shape index (κ2) is 6.64. The summed E-state index contributed by atoms with van der Waals surface area (Å²) in [5.74, 6) is 0.816. The fraction of sp³-hybridized carbons (Fsp3) is 0.632. The average Bonchev–Trinajstić information content (AvgIpc) is 2.46. The molecule has 2 heteroatoms. The third kappa shape index (κ3) is 4.09. The largest absolute Gasteiger partial charge is 0.482 e. The van der Waals surface area contributed by atoms with Crippen molar-refractivity contribution < 1.29 is 9.53 Å². The summed E-state index contributed by atoms with van der Waals surface area (Å²) in [7, 11) is 0. The Labute approximate surface area is 129 Å². The van der Waals surface area contributed by atoms with Crippen LogP contribution < -0.4 is 4.74 Å². The zero-order chi connectivity index (χ0) is 16.3. The van der Waals surface area contributed by atoms with Gasteiger partial charge in [0.15, 0.2) is 6.10 Å². The Hall–Kier alpha value is -1.31. The van der Waals surface area contributed by atoms with Crippen molar-refractivity contribution in [2.24, 2.45) is 0 Å². The third-order valence-corrected chi connectivity index (χ3v) is 4.73. The van der Waals surface area contributed by atoms with Crippen molar-refractivity contribution in [1.82, 2.24) is 0 Å². The van der Waals surface area contributed by atoms with E-state index in [2.05, 4.69) is 59.7 Å². The van der Waals surface area contributed by atoms with E-state index < -0.39 is 6.10 Å². The quantitative estimate of drug-likeness (QED) is 0.710. The molecule has 0 saturated carbocycles. The molecular weight excluding hydrogens is 260 g/mol. The molecule has 0 N–H and O–H groups in total. The van der Waals surface area contributed by atoms with Gasteiger partial charge in [0.1, 0.15) is 5.75 Å². The predicted octanol–water partition coefficient (Wildman–Crippen LogP) is 4.94. The summed E-state index contributed by atoms with van der Waals surface area (Å²) < 4.78 is 5.84. The number of ether oxygens (including phenoxy) is 1. The Morgan fingerprint density at radius 2 is 1.67 bits per heavy atom. The maximum Gasteiger partial charge on any atom is 0.242 e. The average molecular weight is 289 g/mol. The maximum atomic E-state index is 10.8. The number of hydrogen-bond acceptors (Lipinski definition) is 2. The van der Waals surface area contributed by atoms with Crippen LogP contribution in [0.3, 0.4) is 0 Å². The summed E-state index contributed by atoms with van der Waals surface area (Å²) in [6.45, 7) is 14.9. The van der Waals surface area contributed by atoms with Crippen molar-refractivity contribution >= 4 is 6.29 Å². The Morgan fingerprint density at radius 1 is 1.10 bits per heavy atom. The highest BCUT2D eigenvalue weighted by Crippen LogP contribution is 2.38. The fourth-order valence-electron chi connectivity index (χ4n) is 2.21. The molecule has 1 radical (unpaired) electrons. The molecule has 0 aliphatic rings. The number of hydrogen-bond donors (Lipinski definition) is 0. The van der Waals surface area contributed by atoms with Crippen molar-refractivity contribution in [2.75, 3.05) is 0 Å². The van der Waals surface area contributed by atoms with Crippen molar-refractivity contribution in [1.29, 1.82) is 0 Å². The highest BCUT2D eigenvalue weighted by molar-refractivity contribution is 5.57. The Balaban J connectivity index is 3.36. The molecule has 1 rings (SSSR count). The van der Waals surface area contributed by atoms with Gasteiger partial charge in [0.05, 0.1) is 0 Å². The van der Waals surface area contributed by atoms with Crippen molar-refractivity contribution in [3.63, 3.8) is 0 Å². The zero-order valence-corrected chi connectivity index (χ0v) is 14.5. The SMILES string of the molecule is CCC(C)(C)c1ccc(C(C)(C)CC)c(OC(C)[C]=O)c1. The molecule has 0 aliphatic carbocycles. The first kappa shape index (κ1) is 17.7. The normalized spacial score (nSPS) is 13.9. The van der Waals surface area contributed by atoms with E-state index in [0.29, 0.717) is 0 Å². The van der Waals surface area contributed by atoms with Crippen LogP contribution in [0.4, 0.5) is 0 Å². The lowest BCUT2D eigenvalue weighted by atomic mass is 9.77. The highest BCUT2D eigenvalue weighted by Gasteiger charge is 2.26. The second-order valence-corrected chi connectivity index (χ2v) is 7.06. The first-order valence-corrected chi connectivity index (χ1v) is 7.87. The van der Waals surface area contributed by atoms with E-state index in [9.17, 15) is 4.79 Å². The molecule has 0 amide bonds. The first-order chi connectivity index (χ1) is 9.67. The van der Waals surface area contributed by atoms with E-state index in [-0.39, 0.29) is 10.8 Å². The summed E-state index contributed by atoms with van der Waals surface area (Å²) >= 11 is 0. The maximum absolute atomic E-state index is 10.8. The van der Waals surface area contributed by atoms with Gasteiger partial charge in [0.25, 0.3) is 0 Å². The first-order valence-electron chi connectivity index (χ1n) is 7.87. The standard InChI is InChI=1S/C19H29O2/c1-8-18(4,5)15-10-11-16(19(6,7)9-2)17(12-15)21-14(3)13-20/h10-12,14H,8-9H2,1-7H3. The molecule has 21 heavy (non-hydrogen) atoms. The van der Waals surface area contributed by atoms with Crippen LogP contribution in [0.25, 0.3) is 0 Å². The van der Waals surface area contributed by atoms with Gasteiger partial charge < -0.3 is 4.74 Å². The van der Waals surface area contributed by atoms with Gasteiger partial charge in [0.2, 0.25) is 6.29 Å². The summed E-state index contributed by atoms with van der Waals surface area (Å²) in [5.41, 5.74) is 2.52. The van der Waals surface area contributed by atoms with Crippen molar-refractivity contribution in [3.05, 3.63) is 29.3 Å². The molecule has 1 aromatic carbocycles. The van der Waals surface area contributed by atoms with E-state index in [4.69, 9.17) is 4.74 Å². The molecule has 2 nitrogen and oxygen atoms in total. The van der Waals surface area contributed by atoms with Crippen LogP contribution >= 0.6 is 0 Å². The number of carbonyl (C=O) groups excluding carboxylic acids is 1. The van der Waals surface area contributed by atoms with E-state index in [1.54, 1.807) is 6.92 Å². The lowest BCUT2D eigenvalue weighted by Gasteiger charge is -2.30. The topological polar surface area (TPSA) is 26.3 Å². The highest BCUT2D eigenvalue weighted by atomic mass is 16.5. The molecule has 1 aromatic rings. The molecule has 0 bridgehead atoms. The molecule has 0 fully saturated rings. The number of benzene rings is 1. The molecular formula is C19H29O2. The molecule has 0 aromatic heterocycles. The summed E-state index contributed by atoms with van der Waals surface area (Å²) in [5, 5.41) is 0. The molecule has 0 aliphatic heterocycles. The van der Waals surface area contributed by atoms with Gasteiger partial charge in [-0.2, -0.15) is 0 Å². The van der Waals surface area contributed by atoms with Crippen LogP contribution in [-0.4, -0.2) is 12.4 Å². The van der Waals surface area contributed by atoms with Crippen LogP contribution in [-0.2, 0) is 15.6 Å². The molecule has 1 unspecified atom stereocenters. The lowest BCUT2D eigenvalue weighted by Crippen LogP contribution is -2.22. The molecule has 0 saturated heterocycles. The van der Waals surface area contributed by atoms with Crippen LogP contribution in [0, 0.1) is 0 Å². The molecule has 0 spiro atoms. The zero-order valence-electron chi connectivity index (χ0n) is 14.5. The van der Waals surface area contributed by atoms with Crippen LogP contribution in [0.5, 0.6) is 5.75 Å². The second-order valence-electron chi connectivity index (χ2n) is 7.06. The minimum Gasteiger partial charge on any atom is -0.482 e. The molecule has 1 atom stereocenters. The Bertz CT molecular complexity index is 486. The van der Waals surface area contributed by atoms with Crippen LogP contribution in [0.2, 0.25) is 0 Å². The summed E-state index contributed by atoms with van der Waals surface area (Å²) in [6.07, 6.45) is 3.43. The van der Waals surface area contributed by atoms with Gasteiger partial charge in [-0.3, -0.25) is 4.79 Å². The van der Waals surface area contributed by atoms with Gasteiger partial charge in [-0.15, -0.1) is 0 Å². The van der Waals surface area contributed by atoms with E-state index >= 15 is 0 Å². The fourth-order valence-corrected chi connectivity index (χ4v) is 2.21. The monoisotopic (exact) mass is 289 g/mol. The third-order valence-electron chi connectivity index (χ3n) is 4.73. The van der Waals surface area contributed by atoms with Gasteiger partial charge in [0, 0.05) is 0 Å². The van der Waals surface area contributed by atoms with E-state index in [1.807, 2.05) is 6.29 Å². The molecule has 0 heterocycles. The van der Waals surface area contributed by atoms with Crippen LogP contribution in [0.1, 0.15) is 72.4 Å². The molecule has 117 valence electrons. The minimum atomic E-state index is -0.545. The van der Waals surface area contributed by atoms with Gasteiger partial charge in [-0.05, 0) is 47.8 Å². The predicted molar refractivity (Wildman–Crippen MR) is 88.9 cm³/mol. The van der Waals surface area contributed by atoms with Gasteiger partial charge in [-0.25, -0.2) is 0 Å². The lowest BCUT2D eigenvalue weighted by molar-refractivity contribution is 0.269. The van der Waals surface area contributed by atoms with Crippen LogP contribution in [0.15, 0.2) is 18.2 Å². The Morgan fingerprint density at radius 3 is 2.14 bits per heavy atom. The summed E-state index contributed by atoms with van der Waals surface area (Å²) in [6, 6.07) is 6.45. The van der Waals surface area contributed by atoms with E-state index in [1.165, 1.54) is 5.56 Å². The smallest absolute Gasteiger partial charge is 0.242 e. The minimum absolute atomic E-state index is 0.0207. The van der Waals surface area contributed by atoms with Gasteiger partial charge in [-0.1, -0.05) is 53.7 Å². The van der Waals surface area contributed by atoms with Crippen molar-refractivity contribution in [3.8, 4) is 5.75 Å². The van der Waals surface area contributed by atoms with E-state index in [0.717, 1.165) is 24.2 Å².